The quantitative estimate of drug-likeness (QED) is 0.872. The van der Waals surface area contributed by atoms with Gasteiger partial charge in [0, 0.05) is 18.2 Å². The van der Waals surface area contributed by atoms with Gasteiger partial charge >= 0.3 is 5.97 Å². The van der Waals surface area contributed by atoms with Crippen LogP contribution in [0.4, 0.5) is 5.69 Å². The van der Waals surface area contributed by atoms with Crippen molar-refractivity contribution in [2.45, 2.75) is 19.8 Å². The van der Waals surface area contributed by atoms with Crippen LogP contribution in [-0.4, -0.2) is 22.1 Å². The largest absolute Gasteiger partial charge is 0.481 e. The molecule has 1 amide bonds. The van der Waals surface area contributed by atoms with Crippen molar-refractivity contribution in [2.75, 3.05) is 5.32 Å². The van der Waals surface area contributed by atoms with E-state index in [1.54, 1.807) is 31.2 Å². The van der Waals surface area contributed by atoms with Crippen molar-refractivity contribution in [1.82, 2.24) is 5.16 Å². The first-order valence-corrected chi connectivity index (χ1v) is 6.10. The van der Waals surface area contributed by atoms with Gasteiger partial charge in [0.25, 0.3) is 5.91 Å². The third kappa shape index (κ3) is 3.68. The maximum absolute atomic E-state index is 11.9. The summed E-state index contributed by atoms with van der Waals surface area (Å²) < 4.78 is 4.87. The number of amides is 1. The molecular weight excluding hydrogens is 260 g/mol. The lowest BCUT2D eigenvalue weighted by molar-refractivity contribution is -0.136. The van der Waals surface area contributed by atoms with Gasteiger partial charge in [-0.3, -0.25) is 9.59 Å². The zero-order valence-electron chi connectivity index (χ0n) is 10.9. The van der Waals surface area contributed by atoms with Crippen LogP contribution in [0.3, 0.4) is 0 Å². The first-order valence-electron chi connectivity index (χ1n) is 6.10. The number of carbonyl (C=O) groups excluding carboxylic acids is 1. The summed E-state index contributed by atoms with van der Waals surface area (Å²) >= 11 is 0. The molecule has 0 saturated heterocycles. The molecule has 0 aliphatic heterocycles. The van der Waals surface area contributed by atoms with Crippen LogP contribution >= 0.6 is 0 Å². The minimum Gasteiger partial charge on any atom is -0.481 e. The van der Waals surface area contributed by atoms with Crippen molar-refractivity contribution in [3.8, 4) is 0 Å². The molecule has 0 aliphatic rings. The number of aliphatic carboxylic acids is 1. The van der Waals surface area contributed by atoms with Gasteiger partial charge in [-0.1, -0.05) is 17.3 Å². The van der Waals surface area contributed by atoms with Gasteiger partial charge in [-0.15, -0.1) is 0 Å². The standard InChI is InChI=1S/C14H14N2O4/c1-9-7-12(20-16-9)14(19)15-11-4-2-3-10(8-11)5-6-13(17)18/h2-4,7-8H,5-6H2,1H3,(H,15,19)(H,17,18). The first-order chi connectivity index (χ1) is 9.54. The van der Waals surface area contributed by atoms with Gasteiger partial charge in [-0.2, -0.15) is 0 Å². The van der Waals surface area contributed by atoms with E-state index < -0.39 is 5.97 Å². The number of carbonyl (C=O) groups is 2. The maximum Gasteiger partial charge on any atom is 0.303 e. The van der Waals surface area contributed by atoms with E-state index in [-0.39, 0.29) is 18.1 Å². The molecule has 0 unspecified atom stereocenters. The van der Waals surface area contributed by atoms with Crippen LogP contribution < -0.4 is 5.32 Å². The second-order valence-electron chi connectivity index (χ2n) is 4.38. The summed E-state index contributed by atoms with van der Waals surface area (Å²) in [5.41, 5.74) is 2.07. The molecule has 2 N–H and O–H groups in total. The molecule has 0 bridgehead atoms. The highest BCUT2D eigenvalue weighted by Crippen LogP contribution is 2.14. The van der Waals surface area contributed by atoms with Crippen LogP contribution in [0.15, 0.2) is 34.9 Å². The van der Waals surface area contributed by atoms with Gasteiger partial charge in [0.2, 0.25) is 5.76 Å². The number of carboxylic acid groups (broad SMARTS) is 1. The van der Waals surface area contributed by atoms with Crippen molar-refractivity contribution >= 4 is 17.6 Å². The van der Waals surface area contributed by atoms with Gasteiger partial charge < -0.3 is 14.9 Å². The Bertz CT molecular complexity index is 634. The minimum absolute atomic E-state index is 0.0543. The van der Waals surface area contributed by atoms with E-state index >= 15 is 0 Å². The molecule has 2 aromatic rings. The van der Waals surface area contributed by atoms with Crippen molar-refractivity contribution in [3.63, 3.8) is 0 Å². The van der Waals surface area contributed by atoms with Crippen LogP contribution in [0.25, 0.3) is 0 Å². The summed E-state index contributed by atoms with van der Waals surface area (Å²) in [6.45, 7) is 1.73. The average molecular weight is 274 g/mol. The Kier molecular flexibility index (Phi) is 4.14. The smallest absolute Gasteiger partial charge is 0.303 e. The molecule has 1 heterocycles. The monoisotopic (exact) mass is 274 g/mol. The van der Waals surface area contributed by atoms with Gasteiger partial charge in [-0.25, -0.2) is 0 Å². The Labute approximate surface area is 115 Å². The van der Waals surface area contributed by atoms with Gasteiger partial charge in [0.1, 0.15) is 0 Å². The van der Waals surface area contributed by atoms with E-state index in [4.69, 9.17) is 9.63 Å². The molecule has 0 spiro atoms. The average Bonchev–Trinajstić information content (AvgIpc) is 2.84. The zero-order chi connectivity index (χ0) is 14.5. The molecule has 1 aromatic carbocycles. The number of aryl methyl sites for hydroxylation is 2. The Hall–Kier alpha value is -2.63. The topological polar surface area (TPSA) is 92.4 Å². The second-order valence-corrected chi connectivity index (χ2v) is 4.38. The third-order valence-corrected chi connectivity index (χ3v) is 2.66. The molecule has 20 heavy (non-hydrogen) atoms. The highest BCUT2D eigenvalue weighted by molar-refractivity contribution is 6.02. The molecular formula is C14H14N2O4. The van der Waals surface area contributed by atoms with Crippen molar-refractivity contribution in [3.05, 3.63) is 47.3 Å². The van der Waals surface area contributed by atoms with Gasteiger partial charge in [0.05, 0.1) is 5.69 Å². The lowest BCUT2D eigenvalue weighted by atomic mass is 10.1. The SMILES string of the molecule is Cc1cc(C(=O)Nc2cccc(CCC(=O)O)c2)on1. The van der Waals surface area contributed by atoms with Crippen LogP contribution in [-0.2, 0) is 11.2 Å². The van der Waals surface area contributed by atoms with E-state index in [0.717, 1.165) is 5.56 Å². The highest BCUT2D eigenvalue weighted by Gasteiger charge is 2.11. The minimum atomic E-state index is -0.850. The summed E-state index contributed by atoms with van der Waals surface area (Å²) in [5, 5.41) is 15.0. The predicted molar refractivity (Wildman–Crippen MR) is 71.6 cm³/mol. The lowest BCUT2D eigenvalue weighted by Crippen LogP contribution is -2.11. The fourth-order valence-electron chi connectivity index (χ4n) is 1.72. The number of aromatic nitrogens is 1. The normalized spacial score (nSPS) is 10.2. The molecule has 0 radical (unpaired) electrons. The van der Waals surface area contributed by atoms with E-state index in [9.17, 15) is 9.59 Å². The molecule has 104 valence electrons. The predicted octanol–water partition coefficient (Wildman–Crippen LogP) is 2.25. The van der Waals surface area contributed by atoms with Crippen molar-refractivity contribution in [2.24, 2.45) is 0 Å². The van der Waals surface area contributed by atoms with Crippen LogP contribution in [0.5, 0.6) is 0 Å². The van der Waals surface area contributed by atoms with Crippen LogP contribution in [0.2, 0.25) is 0 Å². The zero-order valence-corrected chi connectivity index (χ0v) is 10.9. The molecule has 6 nitrogen and oxygen atoms in total. The molecule has 0 aliphatic carbocycles. The first kappa shape index (κ1) is 13.8. The molecule has 1 aromatic heterocycles. The molecule has 0 saturated carbocycles. The Morgan fingerprint density at radius 1 is 1.35 bits per heavy atom. The molecule has 2 rings (SSSR count). The number of hydrogen-bond donors (Lipinski definition) is 2. The highest BCUT2D eigenvalue weighted by atomic mass is 16.5. The fourth-order valence-corrected chi connectivity index (χ4v) is 1.72. The molecule has 0 atom stereocenters. The van der Waals surface area contributed by atoms with Crippen LogP contribution in [0, 0.1) is 6.92 Å². The maximum atomic E-state index is 11.9. The summed E-state index contributed by atoms with van der Waals surface area (Å²) in [7, 11) is 0. The second kappa shape index (κ2) is 6.01. The van der Waals surface area contributed by atoms with E-state index in [1.165, 1.54) is 0 Å². The number of rotatable bonds is 5. The van der Waals surface area contributed by atoms with E-state index in [2.05, 4.69) is 10.5 Å². The van der Waals surface area contributed by atoms with Crippen LogP contribution in [0.1, 0.15) is 28.2 Å². The van der Waals surface area contributed by atoms with Gasteiger partial charge in [-0.05, 0) is 31.0 Å². The molecule has 6 heteroatoms. The number of nitrogens with one attached hydrogen (secondary N) is 1. The number of anilines is 1. The van der Waals surface area contributed by atoms with E-state index in [0.29, 0.717) is 17.8 Å². The Morgan fingerprint density at radius 2 is 2.15 bits per heavy atom. The molecule has 0 fully saturated rings. The summed E-state index contributed by atoms with van der Waals surface area (Å²) in [5.74, 6) is -1.10. The summed E-state index contributed by atoms with van der Waals surface area (Å²) in [4.78, 5) is 22.4. The lowest BCUT2D eigenvalue weighted by Gasteiger charge is -2.05. The third-order valence-electron chi connectivity index (χ3n) is 2.66. The summed E-state index contributed by atoms with van der Waals surface area (Å²) in [6.07, 6.45) is 0.471. The van der Waals surface area contributed by atoms with Crippen molar-refractivity contribution < 1.29 is 19.2 Å². The Balaban J connectivity index is 2.04. The summed E-state index contributed by atoms with van der Waals surface area (Å²) in [6, 6.07) is 8.59. The number of hydrogen-bond acceptors (Lipinski definition) is 4. The van der Waals surface area contributed by atoms with Crippen molar-refractivity contribution in [1.29, 1.82) is 0 Å². The van der Waals surface area contributed by atoms with E-state index in [1.807, 2.05) is 6.07 Å². The Morgan fingerprint density at radius 3 is 2.80 bits per heavy atom. The van der Waals surface area contributed by atoms with Gasteiger partial charge in [0.15, 0.2) is 0 Å². The number of carboxylic acids is 1. The fraction of sp³-hybridized carbons (Fsp3) is 0.214. The number of nitrogens with zero attached hydrogens (tertiary/aromatic N) is 1. The number of benzene rings is 1.